The molecule has 284 valence electrons. The first-order valence-corrected chi connectivity index (χ1v) is 18.2. The Morgan fingerprint density at radius 2 is 1.28 bits per heavy atom. The molecule has 0 spiro atoms. The molecule has 0 bridgehead atoms. The quantitative estimate of drug-likeness (QED) is 0.0742. The topological polar surface area (TPSA) is 119 Å². The number of phenols is 1. The van der Waals surface area contributed by atoms with E-state index in [0.29, 0.717) is 31.8 Å². The van der Waals surface area contributed by atoms with Crippen LogP contribution in [0.15, 0.2) is 57.8 Å². The number of esters is 1. The van der Waals surface area contributed by atoms with E-state index >= 15 is 0 Å². The average Bonchev–Trinajstić information content (AvgIpc) is 3.53. The smallest absolute Gasteiger partial charge is 0.334 e. The zero-order valence-corrected chi connectivity index (χ0v) is 31.8. The second-order valence-corrected chi connectivity index (χ2v) is 13.8. The first-order chi connectivity index (χ1) is 25.2. The van der Waals surface area contributed by atoms with E-state index in [1.54, 1.807) is 23.2 Å². The molecule has 4 heterocycles. The number of ether oxygens (including phenoxy) is 3. The highest BCUT2D eigenvalue weighted by Crippen LogP contribution is 2.37. The van der Waals surface area contributed by atoms with Crippen LogP contribution >= 0.6 is 46.4 Å². The molecule has 17 heteroatoms. The van der Waals surface area contributed by atoms with E-state index in [1.165, 1.54) is 15.4 Å². The maximum absolute atomic E-state index is 14.8. The van der Waals surface area contributed by atoms with Gasteiger partial charge in [-0.25, -0.2) is 22.9 Å². The highest BCUT2D eigenvalue weighted by atomic mass is 35.5. The molecule has 11 nitrogen and oxygen atoms in total. The molecule has 6 rings (SSSR count). The fourth-order valence-electron chi connectivity index (χ4n) is 5.89. The minimum absolute atomic E-state index is 0.00264. The third kappa shape index (κ3) is 8.80. The molecule has 2 aliphatic heterocycles. The van der Waals surface area contributed by atoms with Gasteiger partial charge in [0.05, 0.1) is 33.9 Å². The van der Waals surface area contributed by atoms with Crippen LogP contribution in [0.3, 0.4) is 0 Å². The summed E-state index contributed by atoms with van der Waals surface area (Å²) in [6.45, 7) is 9.63. The minimum atomic E-state index is -0.696. The summed E-state index contributed by atoms with van der Waals surface area (Å²) in [4.78, 5) is 37.2. The molecule has 0 atom stereocenters. The average molecular weight is 817 g/mol. The van der Waals surface area contributed by atoms with Crippen LogP contribution in [-0.4, -0.2) is 49.6 Å². The van der Waals surface area contributed by atoms with Crippen LogP contribution in [0.4, 0.5) is 8.78 Å². The molecule has 53 heavy (non-hydrogen) atoms. The number of carbonyl (C=O) groups is 1. The summed E-state index contributed by atoms with van der Waals surface area (Å²) in [5.74, 6) is -1.97. The lowest BCUT2D eigenvalue weighted by atomic mass is 10.1. The van der Waals surface area contributed by atoms with E-state index in [2.05, 4.69) is 6.58 Å². The SMILES string of the molecule is C=C(C)COC(=O)/C=C(\COc1cc(-c2c(Cl)n3n(c2=O)CCCC3)c(F)cc1Cl)OCC.O=c1c(-c2cc(O)c(Cl)cc2F)c(Cl)n2n1CCCC2. The van der Waals surface area contributed by atoms with Gasteiger partial charge in [-0.1, -0.05) is 53.0 Å². The van der Waals surface area contributed by atoms with Gasteiger partial charge >= 0.3 is 5.97 Å². The summed E-state index contributed by atoms with van der Waals surface area (Å²) >= 11 is 24.5. The van der Waals surface area contributed by atoms with Crippen LogP contribution < -0.4 is 15.9 Å². The van der Waals surface area contributed by atoms with Crippen LogP contribution in [0.25, 0.3) is 22.3 Å². The standard InChI is InChI=1S/C23H25Cl2FN2O5.C13H11Cl2FN2O2/c1-4-31-15(9-20(29)33-12-14(2)3)13-32-19-10-16(18(26)11-17(19)24)21-22(25)27-7-5-6-8-28(27)23(21)30;14-8-6-9(16)7(5-10(8)19)11-12(15)17-3-1-2-4-18(17)13(11)20/h9-11H,2,4-8,12-13H2,1,3H3;5-6,19H,1-4H2/b15-9+;. The Morgan fingerprint density at radius 3 is 1.77 bits per heavy atom. The van der Waals surface area contributed by atoms with E-state index in [4.69, 9.17) is 60.6 Å². The van der Waals surface area contributed by atoms with Crippen molar-refractivity contribution in [3.63, 3.8) is 0 Å². The molecule has 4 aromatic rings. The van der Waals surface area contributed by atoms with Crippen molar-refractivity contribution in [1.82, 2.24) is 18.7 Å². The van der Waals surface area contributed by atoms with Crippen LogP contribution in [0.2, 0.25) is 20.4 Å². The molecular weight excluding hydrogens is 780 g/mol. The molecule has 0 unspecified atom stereocenters. The lowest BCUT2D eigenvalue weighted by Crippen LogP contribution is -2.27. The highest BCUT2D eigenvalue weighted by molar-refractivity contribution is 6.34. The van der Waals surface area contributed by atoms with Gasteiger partial charge in [-0.3, -0.25) is 19.0 Å². The third-order valence-corrected chi connectivity index (χ3v) is 9.73. The minimum Gasteiger partial charge on any atom is -0.506 e. The molecular formula is C36H36Cl4F2N4O7. The summed E-state index contributed by atoms with van der Waals surface area (Å²) in [6.07, 6.45) is 4.69. The summed E-state index contributed by atoms with van der Waals surface area (Å²) in [7, 11) is 0. The molecule has 0 aliphatic carbocycles. The lowest BCUT2D eigenvalue weighted by Gasteiger charge is -2.17. The van der Waals surface area contributed by atoms with Gasteiger partial charge in [0.2, 0.25) is 0 Å². The van der Waals surface area contributed by atoms with Gasteiger partial charge in [0, 0.05) is 37.3 Å². The monoisotopic (exact) mass is 814 g/mol. The molecule has 2 aliphatic rings. The van der Waals surface area contributed by atoms with Gasteiger partial charge in [0.25, 0.3) is 11.1 Å². The fourth-order valence-corrected chi connectivity index (χ4v) is 6.96. The normalized spacial score (nSPS) is 13.8. The Balaban J connectivity index is 0.000000230. The number of hydrogen-bond acceptors (Lipinski definition) is 7. The van der Waals surface area contributed by atoms with E-state index in [9.17, 15) is 28.3 Å². The first-order valence-electron chi connectivity index (χ1n) is 16.7. The van der Waals surface area contributed by atoms with Crippen molar-refractivity contribution in [2.24, 2.45) is 0 Å². The number of phenolic OH excluding ortho intramolecular Hbond substituents is 1. The number of aromatic nitrogens is 4. The first kappa shape index (κ1) is 40.0. The predicted octanol–water partition coefficient (Wildman–Crippen LogP) is 8.24. The zero-order valence-electron chi connectivity index (χ0n) is 28.8. The van der Waals surface area contributed by atoms with Crippen molar-refractivity contribution in [2.45, 2.75) is 65.7 Å². The second kappa shape index (κ2) is 17.3. The summed E-state index contributed by atoms with van der Waals surface area (Å²) < 4.78 is 51.3. The Morgan fingerprint density at radius 1 is 0.792 bits per heavy atom. The van der Waals surface area contributed by atoms with Crippen molar-refractivity contribution >= 4 is 52.4 Å². The van der Waals surface area contributed by atoms with Crippen molar-refractivity contribution in [3.05, 3.63) is 101 Å². The number of fused-ring (bicyclic) bond motifs is 2. The molecule has 0 radical (unpaired) electrons. The van der Waals surface area contributed by atoms with Gasteiger partial charge in [0.15, 0.2) is 0 Å². The van der Waals surface area contributed by atoms with E-state index < -0.39 is 17.6 Å². The van der Waals surface area contributed by atoms with Gasteiger partial charge in [0.1, 0.15) is 52.4 Å². The Labute approximate surface area is 323 Å². The van der Waals surface area contributed by atoms with Crippen molar-refractivity contribution in [1.29, 1.82) is 0 Å². The largest absolute Gasteiger partial charge is 0.506 e. The number of halogens is 6. The Kier molecular flexibility index (Phi) is 13.1. The molecule has 0 saturated heterocycles. The van der Waals surface area contributed by atoms with Gasteiger partial charge in [-0.15, -0.1) is 0 Å². The zero-order chi connectivity index (χ0) is 38.6. The molecule has 0 amide bonds. The third-order valence-electron chi connectivity index (χ3n) is 8.36. The fraction of sp³-hybridized carbons (Fsp3) is 0.361. The Bertz CT molecular complexity index is 2210. The van der Waals surface area contributed by atoms with Gasteiger partial charge in [-0.05, 0) is 69.4 Å². The number of nitrogens with zero attached hydrogens (tertiary/aromatic N) is 4. The predicted molar refractivity (Wildman–Crippen MR) is 199 cm³/mol. The number of aromatic hydroxyl groups is 1. The summed E-state index contributed by atoms with van der Waals surface area (Å²) in [6, 6.07) is 4.50. The van der Waals surface area contributed by atoms with Crippen LogP contribution in [-0.2, 0) is 40.4 Å². The second-order valence-electron chi connectivity index (χ2n) is 12.3. The number of rotatable bonds is 10. The molecule has 2 aromatic carbocycles. The highest BCUT2D eigenvalue weighted by Gasteiger charge is 2.26. The number of benzene rings is 2. The summed E-state index contributed by atoms with van der Waals surface area (Å²) in [5.41, 5.74) is 0.0494. The van der Waals surface area contributed by atoms with Gasteiger partial charge < -0.3 is 19.3 Å². The number of carbonyl (C=O) groups excluding carboxylic acids is 1. The van der Waals surface area contributed by atoms with Crippen molar-refractivity contribution in [2.75, 3.05) is 19.8 Å². The number of hydrogen-bond donors (Lipinski definition) is 1. The maximum atomic E-state index is 14.8. The van der Waals surface area contributed by atoms with E-state index in [-0.39, 0.29) is 90.8 Å². The van der Waals surface area contributed by atoms with Gasteiger partial charge in [-0.2, -0.15) is 0 Å². The van der Waals surface area contributed by atoms with E-state index in [1.807, 2.05) is 0 Å². The molecule has 0 fully saturated rings. The molecule has 2 aromatic heterocycles. The van der Waals surface area contributed by atoms with Crippen LogP contribution in [0.5, 0.6) is 11.5 Å². The molecule has 0 saturated carbocycles. The Hall–Kier alpha value is -4.17. The van der Waals surface area contributed by atoms with Crippen molar-refractivity contribution < 1.29 is 32.9 Å². The van der Waals surface area contributed by atoms with Crippen LogP contribution in [0, 0.1) is 11.6 Å². The maximum Gasteiger partial charge on any atom is 0.334 e. The van der Waals surface area contributed by atoms with Crippen LogP contribution in [0.1, 0.15) is 39.5 Å². The molecule has 1 N–H and O–H groups in total. The van der Waals surface area contributed by atoms with E-state index in [0.717, 1.165) is 50.0 Å². The lowest BCUT2D eigenvalue weighted by molar-refractivity contribution is -0.137. The van der Waals surface area contributed by atoms with Crippen molar-refractivity contribution in [3.8, 4) is 33.8 Å². The summed E-state index contributed by atoms with van der Waals surface area (Å²) in [5, 5.41) is 9.86.